The van der Waals surface area contributed by atoms with Gasteiger partial charge in [0.25, 0.3) is 0 Å². The number of aromatic amines is 1. The number of Topliss-reactive ketones (excluding diaryl/α,β-unsaturated/α-hetero) is 1. The Morgan fingerprint density at radius 2 is 2.00 bits per heavy atom. The molecule has 0 spiro atoms. The van der Waals surface area contributed by atoms with E-state index >= 15 is 0 Å². The van der Waals surface area contributed by atoms with Crippen LogP contribution in [0.5, 0.6) is 5.75 Å². The van der Waals surface area contributed by atoms with Crippen LogP contribution in [0.25, 0.3) is 17.0 Å². The maximum absolute atomic E-state index is 12.7. The number of benzene rings is 2. The van der Waals surface area contributed by atoms with E-state index in [4.69, 9.17) is 5.73 Å². The molecule has 4 rings (SSSR count). The number of allylic oxidation sites excluding steroid dienone is 1. The Hall–Kier alpha value is -3.01. The quantitative estimate of drug-likeness (QED) is 0.500. The van der Waals surface area contributed by atoms with E-state index in [0.717, 1.165) is 27.6 Å². The number of hydrogen-bond acceptors (Lipinski definition) is 3. The third kappa shape index (κ3) is 1.97. The number of H-pyrrole nitrogens is 1. The molecule has 4 N–H and O–H groups in total. The zero-order valence-corrected chi connectivity index (χ0v) is 11.8. The summed E-state index contributed by atoms with van der Waals surface area (Å²) in [6.45, 7) is 0. The molecule has 4 heteroatoms. The van der Waals surface area contributed by atoms with Gasteiger partial charge in [0.1, 0.15) is 5.75 Å². The minimum absolute atomic E-state index is 0.0227. The number of ketones is 1. The summed E-state index contributed by atoms with van der Waals surface area (Å²) in [7, 11) is 0. The molecule has 0 bridgehead atoms. The molecule has 1 heterocycles. The fraction of sp³-hybridized carbons (Fsp3) is 0.0556. The Morgan fingerprint density at radius 1 is 1.14 bits per heavy atom. The number of nitrogens with two attached hydrogens (primary N) is 1. The molecule has 0 saturated heterocycles. The summed E-state index contributed by atoms with van der Waals surface area (Å²) in [5, 5.41) is 10.5. The van der Waals surface area contributed by atoms with Gasteiger partial charge in [-0.1, -0.05) is 6.07 Å². The molecule has 0 unspecified atom stereocenters. The van der Waals surface area contributed by atoms with E-state index in [1.54, 1.807) is 18.2 Å². The maximum Gasteiger partial charge on any atom is 0.205 e. The molecule has 0 amide bonds. The van der Waals surface area contributed by atoms with Gasteiger partial charge in [-0.05, 0) is 53.6 Å². The van der Waals surface area contributed by atoms with Crippen LogP contribution < -0.4 is 5.73 Å². The minimum atomic E-state index is -0.0227. The zero-order valence-electron chi connectivity index (χ0n) is 11.8. The van der Waals surface area contributed by atoms with E-state index in [2.05, 4.69) is 4.98 Å². The lowest BCUT2D eigenvalue weighted by Gasteiger charge is -1.99. The molecule has 4 nitrogen and oxygen atoms in total. The summed E-state index contributed by atoms with van der Waals surface area (Å²) in [6.07, 6.45) is 2.43. The first-order valence-corrected chi connectivity index (χ1v) is 7.05. The molecule has 108 valence electrons. The van der Waals surface area contributed by atoms with Gasteiger partial charge < -0.3 is 15.8 Å². The van der Waals surface area contributed by atoms with Crippen molar-refractivity contribution in [2.24, 2.45) is 0 Å². The van der Waals surface area contributed by atoms with Crippen molar-refractivity contribution < 1.29 is 9.90 Å². The number of phenols is 1. The number of anilines is 1. The fourth-order valence-electron chi connectivity index (χ4n) is 2.91. The number of hydrogen-bond donors (Lipinski definition) is 3. The number of nitrogens with one attached hydrogen (secondary N) is 1. The van der Waals surface area contributed by atoms with Crippen LogP contribution in [0.2, 0.25) is 0 Å². The number of aromatic hydroxyl groups is 1. The van der Waals surface area contributed by atoms with E-state index in [0.29, 0.717) is 17.8 Å². The van der Waals surface area contributed by atoms with Gasteiger partial charge in [0.05, 0.1) is 5.69 Å². The zero-order chi connectivity index (χ0) is 15.3. The van der Waals surface area contributed by atoms with Crippen LogP contribution in [0.3, 0.4) is 0 Å². The van der Waals surface area contributed by atoms with Crippen LogP contribution in [0, 0.1) is 0 Å². The molecule has 0 aliphatic heterocycles. The fourth-order valence-corrected chi connectivity index (χ4v) is 2.91. The first-order chi connectivity index (χ1) is 10.6. The summed E-state index contributed by atoms with van der Waals surface area (Å²) in [6, 6.07) is 12.5. The van der Waals surface area contributed by atoms with Gasteiger partial charge >= 0.3 is 0 Å². The van der Waals surface area contributed by atoms with Crippen molar-refractivity contribution in [2.75, 3.05) is 5.73 Å². The third-order valence-electron chi connectivity index (χ3n) is 4.02. The number of phenolic OH excluding ortho intramolecular Hbond substituents is 1. The highest BCUT2D eigenvalue weighted by Crippen LogP contribution is 2.30. The second-order valence-electron chi connectivity index (χ2n) is 5.59. The van der Waals surface area contributed by atoms with E-state index in [9.17, 15) is 9.90 Å². The predicted octanol–water partition coefficient (Wildman–Crippen LogP) is 3.28. The molecule has 1 aliphatic carbocycles. The van der Waals surface area contributed by atoms with Crippen LogP contribution in [-0.2, 0) is 6.42 Å². The molecule has 0 fully saturated rings. The summed E-state index contributed by atoms with van der Waals surface area (Å²) in [5.41, 5.74) is 10.6. The molecule has 0 saturated carbocycles. The van der Waals surface area contributed by atoms with Crippen molar-refractivity contribution in [1.29, 1.82) is 0 Å². The molecule has 0 radical (unpaired) electrons. The largest absolute Gasteiger partial charge is 0.508 e. The normalized spacial score (nSPS) is 13.2. The second-order valence-corrected chi connectivity index (χ2v) is 5.59. The number of carbonyl (C=O) groups excluding carboxylic acids is 1. The predicted molar refractivity (Wildman–Crippen MR) is 86.8 cm³/mol. The van der Waals surface area contributed by atoms with Crippen molar-refractivity contribution in [1.82, 2.24) is 4.98 Å². The Morgan fingerprint density at radius 3 is 2.86 bits per heavy atom. The molecule has 1 aromatic heterocycles. The number of rotatable bonds is 2. The number of fused-ring (bicyclic) bond motifs is 2. The highest BCUT2D eigenvalue weighted by molar-refractivity contribution is 6.13. The minimum Gasteiger partial charge on any atom is -0.508 e. The van der Waals surface area contributed by atoms with Crippen molar-refractivity contribution in [2.45, 2.75) is 6.42 Å². The van der Waals surface area contributed by atoms with Crippen molar-refractivity contribution in [3.63, 3.8) is 0 Å². The van der Waals surface area contributed by atoms with Crippen molar-refractivity contribution >= 4 is 28.4 Å². The standard InChI is InChI=1S/C18H14N2O2/c19-14-2-4-16-12(7-14)9-17(20-16)18(22)13-5-10-1-3-15(21)8-11(10)6-13/h1-4,6-9,20-21H,5,19H2. The number of aromatic nitrogens is 1. The van der Waals surface area contributed by atoms with Crippen LogP contribution in [-0.4, -0.2) is 15.9 Å². The van der Waals surface area contributed by atoms with E-state index < -0.39 is 0 Å². The van der Waals surface area contributed by atoms with Gasteiger partial charge in [0, 0.05) is 28.6 Å². The average Bonchev–Trinajstić information content (AvgIpc) is 3.08. The van der Waals surface area contributed by atoms with Crippen molar-refractivity contribution in [3.05, 3.63) is 64.9 Å². The smallest absolute Gasteiger partial charge is 0.205 e. The molecular formula is C18H14N2O2. The van der Waals surface area contributed by atoms with Gasteiger partial charge in [-0.15, -0.1) is 0 Å². The monoisotopic (exact) mass is 290 g/mol. The number of carbonyl (C=O) groups is 1. The first-order valence-electron chi connectivity index (χ1n) is 7.05. The molecule has 0 atom stereocenters. The SMILES string of the molecule is Nc1ccc2[nH]c(C(=O)C3=Cc4cc(O)ccc4C3)cc2c1. The first kappa shape index (κ1) is 12.7. The topological polar surface area (TPSA) is 79.1 Å². The Labute approximate surface area is 126 Å². The summed E-state index contributed by atoms with van der Waals surface area (Å²) in [4.78, 5) is 15.8. The van der Waals surface area contributed by atoms with Gasteiger partial charge in [0.15, 0.2) is 0 Å². The summed E-state index contributed by atoms with van der Waals surface area (Å²) < 4.78 is 0. The lowest BCUT2D eigenvalue weighted by atomic mass is 10.1. The molecular weight excluding hydrogens is 276 g/mol. The average molecular weight is 290 g/mol. The number of nitrogen functional groups attached to an aromatic ring is 1. The summed E-state index contributed by atoms with van der Waals surface area (Å²) in [5.74, 6) is 0.190. The van der Waals surface area contributed by atoms with Crippen LogP contribution >= 0.6 is 0 Å². The van der Waals surface area contributed by atoms with E-state index in [1.165, 1.54) is 0 Å². The molecule has 2 aromatic carbocycles. The highest BCUT2D eigenvalue weighted by atomic mass is 16.3. The van der Waals surface area contributed by atoms with Crippen LogP contribution in [0.15, 0.2) is 48.0 Å². The third-order valence-corrected chi connectivity index (χ3v) is 4.02. The molecule has 3 aromatic rings. The van der Waals surface area contributed by atoms with Gasteiger partial charge in [-0.25, -0.2) is 0 Å². The Kier molecular flexibility index (Phi) is 2.60. The van der Waals surface area contributed by atoms with E-state index in [-0.39, 0.29) is 11.5 Å². The van der Waals surface area contributed by atoms with Crippen LogP contribution in [0.4, 0.5) is 5.69 Å². The van der Waals surface area contributed by atoms with E-state index in [1.807, 2.05) is 30.3 Å². The Bertz CT molecular complexity index is 951. The highest BCUT2D eigenvalue weighted by Gasteiger charge is 2.21. The lowest BCUT2D eigenvalue weighted by Crippen LogP contribution is -2.03. The van der Waals surface area contributed by atoms with Gasteiger partial charge in [-0.2, -0.15) is 0 Å². The maximum atomic E-state index is 12.7. The molecule has 22 heavy (non-hydrogen) atoms. The van der Waals surface area contributed by atoms with Crippen molar-refractivity contribution in [3.8, 4) is 5.75 Å². The van der Waals surface area contributed by atoms with Crippen LogP contribution in [0.1, 0.15) is 21.6 Å². The van der Waals surface area contributed by atoms with Gasteiger partial charge in [-0.3, -0.25) is 4.79 Å². The van der Waals surface area contributed by atoms with Gasteiger partial charge in [0.2, 0.25) is 5.78 Å². The Balaban J connectivity index is 1.71. The summed E-state index contributed by atoms with van der Waals surface area (Å²) >= 11 is 0. The lowest BCUT2D eigenvalue weighted by molar-refractivity contribution is 0.103. The molecule has 1 aliphatic rings. The second kappa shape index (κ2) is 4.49.